The molecular formula is C12H19ClN2O. The van der Waals surface area contributed by atoms with E-state index in [1.807, 2.05) is 30.3 Å². The standard InChI is InChI=1S/C12H18N2O.ClH/c13-11-6-7-14(10-11)8-9-15-12-4-2-1-3-5-12;/h1-5,11H,6-10,13H2;1H/t11-;/m1./s1. The topological polar surface area (TPSA) is 38.5 Å². The van der Waals surface area contributed by atoms with Gasteiger partial charge in [-0.1, -0.05) is 18.2 Å². The number of rotatable bonds is 4. The van der Waals surface area contributed by atoms with Crippen molar-refractivity contribution in [3.05, 3.63) is 30.3 Å². The van der Waals surface area contributed by atoms with Crippen molar-refractivity contribution in [3.8, 4) is 5.75 Å². The Labute approximate surface area is 103 Å². The second-order valence-electron chi connectivity index (χ2n) is 4.01. The van der Waals surface area contributed by atoms with Gasteiger partial charge in [0.2, 0.25) is 0 Å². The Bertz CT molecular complexity index is 294. The normalized spacial score (nSPS) is 20.4. The highest BCUT2D eigenvalue weighted by Gasteiger charge is 2.18. The largest absolute Gasteiger partial charge is 0.492 e. The summed E-state index contributed by atoms with van der Waals surface area (Å²) in [7, 11) is 0. The molecule has 1 fully saturated rings. The highest BCUT2D eigenvalue weighted by molar-refractivity contribution is 5.85. The van der Waals surface area contributed by atoms with Crippen LogP contribution in [0.5, 0.6) is 5.75 Å². The molecule has 4 heteroatoms. The molecule has 1 aliphatic rings. The maximum atomic E-state index is 5.83. The van der Waals surface area contributed by atoms with Crippen molar-refractivity contribution in [1.29, 1.82) is 0 Å². The monoisotopic (exact) mass is 242 g/mol. The number of likely N-dealkylation sites (tertiary alicyclic amines) is 1. The minimum absolute atomic E-state index is 0. The molecule has 2 rings (SSSR count). The van der Waals surface area contributed by atoms with Crippen LogP contribution in [0.25, 0.3) is 0 Å². The van der Waals surface area contributed by atoms with Crippen LogP contribution in [0.4, 0.5) is 0 Å². The van der Waals surface area contributed by atoms with Crippen molar-refractivity contribution in [1.82, 2.24) is 4.90 Å². The molecule has 0 radical (unpaired) electrons. The Morgan fingerprint density at radius 3 is 2.69 bits per heavy atom. The zero-order chi connectivity index (χ0) is 10.5. The highest BCUT2D eigenvalue weighted by Crippen LogP contribution is 2.09. The van der Waals surface area contributed by atoms with Crippen LogP contribution in [0.2, 0.25) is 0 Å². The SMILES string of the molecule is Cl.N[C@@H]1CCN(CCOc2ccccc2)C1. The Morgan fingerprint density at radius 2 is 2.06 bits per heavy atom. The van der Waals surface area contributed by atoms with E-state index in [2.05, 4.69) is 4.90 Å². The molecule has 0 bridgehead atoms. The second kappa shape index (κ2) is 6.74. The van der Waals surface area contributed by atoms with E-state index in [1.54, 1.807) is 0 Å². The Hall–Kier alpha value is -0.770. The van der Waals surface area contributed by atoms with Crippen LogP contribution in [0.15, 0.2) is 30.3 Å². The van der Waals surface area contributed by atoms with Crippen molar-refractivity contribution < 1.29 is 4.74 Å². The Kier molecular flexibility index (Phi) is 5.60. The molecule has 0 unspecified atom stereocenters. The van der Waals surface area contributed by atoms with Crippen LogP contribution < -0.4 is 10.5 Å². The van der Waals surface area contributed by atoms with Gasteiger partial charge in [0, 0.05) is 19.1 Å². The van der Waals surface area contributed by atoms with Crippen LogP contribution >= 0.6 is 12.4 Å². The van der Waals surface area contributed by atoms with E-state index >= 15 is 0 Å². The Balaban J connectivity index is 0.00000128. The summed E-state index contributed by atoms with van der Waals surface area (Å²) in [4.78, 5) is 2.35. The van der Waals surface area contributed by atoms with Gasteiger partial charge in [-0.2, -0.15) is 0 Å². The van der Waals surface area contributed by atoms with Crippen LogP contribution in [0, 0.1) is 0 Å². The smallest absolute Gasteiger partial charge is 0.119 e. The third-order valence-electron chi connectivity index (χ3n) is 2.73. The molecule has 1 heterocycles. The minimum atomic E-state index is 0. The molecule has 0 saturated carbocycles. The van der Waals surface area contributed by atoms with Crippen molar-refractivity contribution >= 4 is 12.4 Å². The van der Waals surface area contributed by atoms with Gasteiger partial charge in [0.1, 0.15) is 12.4 Å². The van der Waals surface area contributed by atoms with E-state index in [-0.39, 0.29) is 12.4 Å². The molecule has 3 nitrogen and oxygen atoms in total. The molecule has 1 aromatic rings. The second-order valence-corrected chi connectivity index (χ2v) is 4.01. The number of nitrogens with two attached hydrogens (primary N) is 1. The van der Waals surface area contributed by atoms with Gasteiger partial charge in [0.25, 0.3) is 0 Å². The quantitative estimate of drug-likeness (QED) is 0.870. The molecule has 0 aromatic heterocycles. The molecule has 90 valence electrons. The van der Waals surface area contributed by atoms with Crippen molar-refractivity contribution in [3.63, 3.8) is 0 Å². The summed E-state index contributed by atoms with van der Waals surface area (Å²) < 4.78 is 5.62. The van der Waals surface area contributed by atoms with Crippen LogP contribution in [0.3, 0.4) is 0 Å². The van der Waals surface area contributed by atoms with Gasteiger partial charge in [0.15, 0.2) is 0 Å². The van der Waals surface area contributed by atoms with E-state index in [9.17, 15) is 0 Å². The lowest BCUT2D eigenvalue weighted by Crippen LogP contribution is -2.29. The first-order chi connectivity index (χ1) is 7.34. The van der Waals surface area contributed by atoms with Crippen molar-refractivity contribution in [2.75, 3.05) is 26.2 Å². The van der Waals surface area contributed by atoms with Gasteiger partial charge in [0.05, 0.1) is 0 Å². The zero-order valence-corrected chi connectivity index (χ0v) is 10.2. The van der Waals surface area contributed by atoms with E-state index < -0.39 is 0 Å². The molecule has 1 saturated heterocycles. The molecule has 2 N–H and O–H groups in total. The van der Waals surface area contributed by atoms with Crippen molar-refractivity contribution in [2.24, 2.45) is 5.73 Å². The van der Waals surface area contributed by atoms with Gasteiger partial charge in [-0.25, -0.2) is 0 Å². The predicted octanol–water partition coefficient (Wildman–Crippen LogP) is 1.52. The molecule has 0 aliphatic carbocycles. The zero-order valence-electron chi connectivity index (χ0n) is 9.34. The average molecular weight is 243 g/mol. The summed E-state index contributed by atoms with van der Waals surface area (Å²) >= 11 is 0. The van der Waals surface area contributed by atoms with Gasteiger partial charge < -0.3 is 10.5 Å². The first-order valence-electron chi connectivity index (χ1n) is 5.50. The van der Waals surface area contributed by atoms with Crippen LogP contribution in [-0.4, -0.2) is 37.2 Å². The third-order valence-corrected chi connectivity index (χ3v) is 2.73. The summed E-state index contributed by atoms with van der Waals surface area (Å²) in [5.74, 6) is 0.945. The average Bonchev–Trinajstić information content (AvgIpc) is 2.66. The third kappa shape index (κ3) is 4.00. The van der Waals surface area contributed by atoms with Gasteiger partial charge in [-0.05, 0) is 25.1 Å². The number of benzene rings is 1. The van der Waals surface area contributed by atoms with Crippen molar-refractivity contribution in [2.45, 2.75) is 12.5 Å². The maximum Gasteiger partial charge on any atom is 0.119 e. The van der Waals surface area contributed by atoms with Crippen LogP contribution in [-0.2, 0) is 0 Å². The molecule has 1 aromatic carbocycles. The summed E-state index contributed by atoms with van der Waals surface area (Å²) in [6, 6.07) is 10.3. The summed E-state index contributed by atoms with van der Waals surface area (Å²) in [6.07, 6.45) is 1.12. The fourth-order valence-corrected chi connectivity index (χ4v) is 1.88. The Morgan fingerprint density at radius 1 is 1.31 bits per heavy atom. The molecular weight excluding hydrogens is 224 g/mol. The van der Waals surface area contributed by atoms with Gasteiger partial charge >= 0.3 is 0 Å². The van der Waals surface area contributed by atoms with Gasteiger partial charge in [-0.3, -0.25) is 4.90 Å². The summed E-state index contributed by atoms with van der Waals surface area (Å²) in [5.41, 5.74) is 5.83. The number of nitrogens with zero attached hydrogens (tertiary/aromatic N) is 1. The lowest BCUT2D eigenvalue weighted by molar-refractivity contribution is 0.236. The van der Waals surface area contributed by atoms with E-state index in [1.165, 1.54) is 0 Å². The van der Waals surface area contributed by atoms with E-state index in [4.69, 9.17) is 10.5 Å². The first kappa shape index (κ1) is 13.3. The number of hydrogen-bond acceptors (Lipinski definition) is 3. The number of halogens is 1. The predicted molar refractivity (Wildman–Crippen MR) is 68.2 cm³/mol. The molecule has 1 aliphatic heterocycles. The number of ether oxygens (including phenoxy) is 1. The summed E-state index contributed by atoms with van der Waals surface area (Å²) in [6.45, 7) is 3.84. The fraction of sp³-hybridized carbons (Fsp3) is 0.500. The van der Waals surface area contributed by atoms with E-state index in [0.717, 1.165) is 38.4 Å². The molecule has 0 spiro atoms. The summed E-state index contributed by atoms with van der Waals surface area (Å²) in [5, 5.41) is 0. The van der Waals surface area contributed by atoms with Gasteiger partial charge in [-0.15, -0.1) is 12.4 Å². The number of hydrogen-bond donors (Lipinski definition) is 1. The van der Waals surface area contributed by atoms with E-state index in [0.29, 0.717) is 6.04 Å². The van der Waals surface area contributed by atoms with Crippen LogP contribution in [0.1, 0.15) is 6.42 Å². The highest BCUT2D eigenvalue weighted by atomic mass is 35.5. The molecule has 16 heavy (non-hydrogen) atoms. The first-order valence-corrected chi connectivity index (χ1v) is 5.50. The molecule has 1 atom stereocenters. The molecule has 0 amide bonds. The number of para-hydroxylation sites is 1. The minimum Gasteiger partial charge on any atom is -0.492 e. The maximum absolute atomic E-state index is 5.83. The lowest BCUT2D eigenvalue weighted by atomic mass is 10.3. The lowest BCUT2D eigenvalue weighted by Gasteiger charge is -2.15. The fourth-order valence-electron chi connectivity index (χ4n) is 1.88.